The zero-order valence-corrected chi connectivity index (χ0v) is 16.2. The summed E-state index contributed by atoms with van der Waals surface area (Å²) in [6.45, 7) is 5.94. The van der Waals surface area contributed by atoms with Crippen molar-refractivity contribution in [3.8, 4) is 0 Å². The van der Waals surface area contributed by atoms with Gasteiger partial charge in [-0.2, -0.15) is 8.42 Å². The summed E-state index contributed by atoms with van der Waals surface area (Å²) in [5, 5.41) is 0. The fraction of sp³-hybridized carbons (Fsp3) is 0.867. The van der Waals surface area contributed by atoms with Crippen LogP contribution in [-0.4, -0.2) is 20.8 Å². The van der Waals surface area contributed by atoms with Crippen molar-refractivity contribution in [3.63, 3.8) is 0 Å². The summed E-state index contributed by atoms with van der Waals surface area (Å²) in [6.07, 6.45) is 13.7. The van der Waals surface area contributed by atoms with Gasteiger partial charge >= 0.3 is 29.6 Å². The standard InChI is InChI=1S/C15H30O3S.Na.H/c1-3-5-6-7-8-9-10-11-12-13-14-18-19(16,17)15-4-2;;/h4H,2-3,5-15H2,1H3;;/q;+1;-1. The van der Waals surface area contributed by atoms with Crippen LogP contribution in [0.5, 0.6) is 0 Å². The number of hydrogen-bond acceptors (Lipinski definition) is 3. The van der Waals surface area contributed by atoms with E-state index in [1.54, 1.807) is 0 Å². The topological polar surface area (TPSA) is 43.4 Å². The van der Waals surface area contributed by atoms with Crippen molar-refractivity contribution in [3.05, 3.63) is 12.7 Å². The molecule has 0 fully saturated rings. The second-order valence-electron chi connectivity index (χ2n) is 5.02. The Labute approximate surface area is 149 Å². The Morgan fingerprint density at radius 3 is 1.85 bits per heavy atom. The van der Waals surface area contributed by atoms with Crippen molar-refractivity contribution in [1.82, 2.24) is 0 Å². The van der Waals surface area contributed by atoms with E-state index in [4.69, 9.17) is 4.18 Å². The Kier molecular flexibility index (Phi) is 18.4. The first kappa shape index (κ1) is 22.9. The van der Waals surface area contributed by atoms with Crippen LogP contribution in [0.15, 0.2) is 12.7 Å². The van der Waals surface area contributed by atoms with Crippen LogP contribution in [0, 0.1) is 0 Å². The monoisotopic (exact) mass is 314 g/mol. The molecule has 0 saturated heterocycles. The molecule has 20 heavy (non-hydrogen) atoms. The van der Waals surface area contributed by atoms with E-state index in [0.29, 0.717) is 6.61 Å². The molecular formula is C15H31NaO3S. The summed E-state index contributed by atoms with van der Waals surface area (Å²) in [4.78, 5) is 0. The fourth-order valence-electron chi connectivity index (χ4n) is 1.97. The van der Waals surface area contributed by atoms with Gasteiger partial charge in [0.05, 0.1) is 12.4 Å². The molecule has 0 amide bonds. The molecule has 0 heterocycles. The molecular weight excluding hydrogens is 283 g/mol. The first-order valence-corrected chi connectivity index (χ1v) is 9.18. The van der Waals surface area contributed by atoms with Crippen LogP contribution in [0.25, 0.3) is 0 Å². The Morgan fingerprint density at radius 2 is 1.40 bits per heavy atom. The maximum absolute atomic E-state index is 11.2. The average molecular weight is 314 g/mol. The van der Waals surface area contributed by atoms with Gasteiger partial charge in [-0.25, -0.2) is 0 Å². The minimum atomic E-state index is -3.36. The summed E-state index contributed by atoms with van der Waals surface area (Å²) < 4.78 is 27.2. The quantitative estimate of drug-likeness (QED) is 0.211. The van der Waals surface area contributed by atoms with Crippen molar-refractivity contribution in [2.45, 2.75) is 71.1 Å². The molecule has 0 aliphatic rings. The summed E-state index contributed by atoms with van der Waals surface area (Å²) in [7, 11) is -3.36. The zero-order valence-electron chi connectivity index (χ0n) is 14.4. The van der Waals surface area contributed by atoms with Crippen molar-refractivity contribution >= 4 is 10.1 Å². The van der Waals surface area contributed by atoms with Gasteiger partial charge in [0, 0.05) is 0 Å². The third kappa shape index (κ3) is 16.7. The molecule has 0 spiro atoms. The molecule has 0 aliphatic carbocycles. The van der Waals surface area contributed by atoms with E-state index in [1.807, 2.05) is 0 Å². The number of hydrogen-bond donors (Lipinski definition) is 0. The Balaban J connectivity index is -0.00000162. The molecule has 0 unspecified atom stereocenters. The Hall–Kier alpha value is 0.650. The first-order chi connectivity index (χ1) is 9.12. The van der Waals surface area contributed by atoms with Gasteiger partial charge in [-0.05, 0) is 6.42 Å². The summed E-state index contributed by atoms with van der Waals surface area (Å²) in [5.41, 5.74) is 0. The average Bonchev–Trinajstić information content (AvgIpc) is 2.36. The van der Waals surface area contributed by atoms with Crippen LogP contribution in [0.2, 0.25) is 0 Å². The Bertz CT molecular complexity index is 308. The van der Waals surface area contributed by atoms with Crippen LogP contribution >= 0.6 is 0 Å². The van der Waals surface area contributed by atoms with E-state index in [-0.39, 0.29) is 36.7 Å². The van der Waals surface area contributed by atoms with E-state index < -0.39 is 10.1 Å². The molecule has 0 aromatic rings. The second kappa shape index (κ2) is 16.0. The molecule has 0 aromatic heterocycles. The maximum atomic E-state index is 11.2. The summed E-state index contributed by atoms with van der Waals surface area (Å²) in [6, 6.07) is 0. The summed E-state index contributed by atoms with van der Waals surface area (Å²) >= 11 is 0. The van der Waals surface area contributed by atoms with Crippen molar-refractivity contribution in [2.75, 3.05) is 12.4 Å². The molecule has 0 bridgehead atoms. The van der Waals surface area contributed by atoms with Gasteiger partial charge in [-0.15, -0.1) is 6.58 Å². The molecule has 0 N–H and O–H groups in total. The van der Waals surface area contributed by atoms with E-state index in [1.165, 1.54) is 57.4 Å². The Morgan fingerprint density at radius 1 is 0.950 bits per heavy atom. The number of rotatable bonds is 14. The van der Waals surface area contributed by atoms with E-state index >= 15 is 0 Å². The predicted octanol–water partition coefficient (Wildman–Crippen LogP) is 1.56. The molecule has 0 aromatic carbocycles. The van der Waals surface area contributed by atoms with Crippen molar-refractivity contribution in [1.29, 1.82) is 0 Å². The molecule has 0 rings (SSSR count). The predicted molar refractivity (Wildman–Crippen MR) is 82.9 cm³/mol. The van der Waals surface area contributed by atoms with Gasteiger partial charge in [-0.1, -0.05) is 70.8 Å². The molecule has 0 atom stereocenters. The molecule has 0 aliphatic heterocycles. The van der Waals surface area contributed by atoms with Crippen molar-refractivity contribution in [2.24, 2.45) is 0 Å². The van der Waals surface area contributed by atoms with Gasteiger partial charge < -0.3 is 1.43 Å². The maximum Gasteiger partial charge on any atom is 1.00 e. The van der Waals surface area contributed by atoms with E-state index in [2.05, 4.69) is 13.5 Å². The normalized spacial score (nSPS) is 11.1. The molecule has 0 radical (unpaired) electrons. The smallest absolute Gasteiger partial charge is 1.00 e. The van der Waals surface area contributed by atoms with Crippen LogP contribution < -0.4 is 29.6 Å². The van der Waals surface area contributed by atoms with Gasteiger partial charge in [0.25, 0.3) is 10.1 Å². The molecule has 116 valence electrons. The molecule has 0 saturated carbocycles. The fourth-order valence-corrected chi connectivity index (χ4v) is 2.72. The third-order valence-electron chi connectivity index (χ3n) is 3.08. The van der Waals surface area contributed by atoms with Crippen LogP contribution in [0.1, 0.15) is 72.6 Å². The minimum absolute atomic E-state index is 0. The van der Waals surface area contributed by atoms with E-state index in [9.17, 15) is 8.42 Å². The number of unbranched alkanes of at least 4 members (excludes halogenated alkanes) is 9. The van der Waals surface area contributed by atoms with Crippen LogP contribution in [0.4, 0.5) is 0 Å². The second-order valence-corrected chi connectivity index (χ2v) is 6.70. The van der Waals surface area contributed by atoms with Gasteiger partial charge in [-0.3, -0.25) is 4.18 Å². The van der Waals surface area contributed by atoms with Gasteiger partial charge in [0.2, 0.25) is 0 Å². The van der Waals surface area contributed by atoms with Crippen LogP contribution in [-0.2, 0) is 14.3 Å². The third-order valence-corrected chi connectivity index (χ3v) is 4.25. The zero-order chi connectivity index (χ0) is 14.4. The minimum Gasteiger partial charge on any atom is -1.00 e. The van der Waals surface area contributed by atoms with Gasteiger partial charge in [0.1, 0.15) is 0 Å². The SMILES string of the molecule is C=CCS(=O)(=O)OCCCCCCCCCCCC.[H-].[Na+]. The van der Waals surface area contributed by atoms with Crippen molar-refractivity contribution < 1.29 is 43.6 Å². The summed E-state index contributed by atoms with van der Waals surface area (Å²) in [5.74, 6) is -0.0925. The molecule has 5 heteroatoms. The first-order valence-electron chi connectivity index (χ1n) is 7.60. The molecule has 3 nitrogen and oxygen atoms in total. The van der Waals surface area contributed by atoms with Gasteiger partial charge in [0.15, 0.2) is 0 Å². The van der Waals surface area contributed by atoms with E-state index in [0.717, 1.165) is 12.8 Å². The largest absolute Gasteiger partial charge is 1.00 e. The van der Waals surface area contributed by atoms with Crippen LogP contribution in [0.3, 0.4) is 0 Å².